The van der Waals surface area contributed by atoms with Crippen molar-refractivity contribution in [1.29, 1.82) is 0 Å². The van der Waals surface area contributed by atoms with Crippen molar-refractivity contribution in [1.82, 2.24) is 10.2 Å². The number of hydrogen-bond donors (Lipinski definition) is 0. The number of aromatic nitrogens is 2. The van der Waals surface area contributed by atoms with E-state index >= 15 is 0 Å². The minimum atomic E-state index is -0.242. The molecule has 5 heteroatoms. The summed E-state index contributed by atoms with van der Waals surface area (Å²) >= 11 is 0. The standard InChI is InChI=1S/C18H22N2O3/c1-12-11-15(12)16-19-20-17(23-16)18(7-9-22-10-8-18)13-3-5-14(21-2)6-4-13/h3-6,12,15H,7-11H2,1-2H3/t12-,15+/m1/s1. The molecule has 1 aliphatic carbocycles. The largest absolute Gasteiger partial charge is 0.497 e. The number of benzene rings is 1. The van der Waals surface area contributed by atoms with Crippen LogP contribution in [0.1, 0.15) is 49.4 Å². The highest BCUT2D eigenvalue weighted by molar-refractivity contribution is 5.37. The molecule has 122 valence electrons. The number of hydrogen-bond acceptors (Lipinski definition) is 5. The normalized spacial score (nSPS) is 26.0. The Morgan fingerprint density at radius 2 is 1.83 bits per heavy atom. The summed E-state index contributed by atoms with van der Waals surface area (Å²) in [4.78, 5) is 0. The average molecular weight is 314 g/mol. The summed E-state index contributed by atoms with van der Waals surface area (Å²) in [5, 5.41) is 8.75. The lowest BCUT2D eigenvalue weighted by Crippen LogP contribution is -2.35. The fraction of sp³-hybridized carbons (Fsp3) is 0.556. The van der Waals surface area contributed by atoms with Gasteiger partial charge in [-0.1, -0.05) is 19.1 Å². The van der Waals surface area contributed by atoms with E-state index in [0.717, 1.165) is 36.8 Å². The van der Waals surface area contributed by atoms with Crippen molar-refractivity contribution >= 4 is 0 Å². The van der Waals surface area contributed by atoms with Crippen molar-refractivity contribution in [2.24, 2.45) is 5.92 Å². The Balaban J connectivity index is 1.71. The molecule has 2 aliphatic rings. The van der Waals surface area contributed by atoms with Gasteiger partial charge in [0.25, 0.3) is 0 Å². The summed E-state index contributed by atoms with van der Waals surface area (Å²) in [6.07, 6.45) is 2.88. The minimum Gasteiger partial charge on any atom is -0.497 e. The Kier molecular flexibility index (Phi) is 3.60. The molecule has 2 atom stereocenters. The molecule has 23 heavy (non-hydrogen) atoms. The first-order valence-corrected chi connectivity index (χ1v) is 8.29. The van der Waals surface area contributed by atoms with Crippen LogP contribution in [0.15, 0.2) is 28.7 Å². The van der Waals surface area contributed by atoms with Gasteiger partial charge in [-0.05, 0) is 42.9 Å². The molecule has 5 nitrogen and oxygen atoms in total. The quantitative estimate of drug-likeness (QED) is 0.866. The lowest BCUT2D eigenvalue weighted by Gasteiger charge is -2.34. The lowest BCUT2D eigenvalue weighted by molar-refractivity contribution is 0.0540. The van der Waals surface area contributed by atoms with E-state index in [4.69, 9.17) is 13.9 Å². The lowest BCUT2D eigenvalue weighted by atomic mass is 9.74. The second-order valence-corrected chi connectivity index (χ2v) is 6.69. The molecule has 1 aromatic carbocycles. The van der Waals surface area contributed by atoms with E-state index in [1.165, 1.54) is 5.56 Å². The van der Waals surface area contributed by atoms with Crippen molar-refractivity contribution in [2.75, 3.05) is 20.3 Å². The van der Waals surface area contributed by atoms with Gasteiger partial charge in [0.15, 0.2) is 0 Å². The molecule has 2 fully saturated rings. The summed E-state index contributed by atoms with van der Waals surface area (Å²) in [5.41, 5.74) is 0.953. The summed E-state index contributed by atoms with van der Waals surface area (Å²) in [5.74, 6) is 3.50. The third-order valence-electron chi connectivity index (χ3n) is 5.27. The molecule has 0 amide bonds. The minimum absolute atomic E-state index is 0.242. The molecule has 1 saturated heterocycles. The van der Waals surface area contributed by atoms with Crippen molar-refractivity contribution in [3.8, 4) is 5.75 Å². The van der Waals surface area contributed by atoms with E-state index in [1.54, 1.807) is 7.11 Å². The van der Waals surface area contributed by atoms with Gasteiger partial charge in [-0.2, -0.15) is 0 Å². The van der Waals surface area contributed by atoms with Gasteiger partial charge in [-0.25, -0.2) is 0 Å². The van der Waals surface area contributed by atoms with E-state index in [0.29, 0.717) is 25.0 Å². The van der Waals surface area contributed by atoms with Gasteiger partial charge in [0, 0.05) is 19.1 Å². The summed E-state index contributed by atoms with van der Waals surface area (Å²) < 4.78 is 17.0. The molecular weight excluding hydrogens is 292 g/mol. The van der Waals surface area contributed by atoms with Gasteiger partial charge in [0.05, 0.1) is 12.5 Å². The molecule has 1 aliphatic heterocycles. The highest BCUT2D eigenvalue weighted by atomic mass is 16.5. The Bertz CT molecular complexity index is 674. The van der Waals surface area contributed by atoms with E-state index < -0.39 is 0 Å². The molecule has 4 rings (SSSR count). The molecule has 2 heterocycles. The van der Waals surface area contributed by atoms with E-state index in [9.17, 15) is 0 Å². The topological polar surface area (TPSA) is 57.4 Å². The van der Waals surface area contributed by atoms with E-state index in [2.05, 4.69) is 29.3 Å². The smallest absolute Gasteiger partial charge is 0.227 e. The zero-order chi connectivity index (χ0) is 15.9. The van der Waals surface area contributed by atoms with Crippen LogP contribution in [0.5, 0.6) is 5.75 Å². The number of rotatable bonds is 4. The second kappa shape index (κ2) is 5.64. The van der Waals surface area contributed by atoms with Crippen LogP contribution >= 0.6 is 0 Å². The van der Waals surface area contributed by atoms with Crippen molar-refractivity contribution in [3.63, 3.8) is 0 Å². The van der Waals surface area contributed by atoms with Gasteiger partial charge in [0.2, 0.25) is 11.8 Å². The molecule has 0 unspecified atom stereocenters. The predicted octanol–water partition coefficient (Wildman–Crippen LogP) is 3.30. The summed E-state index contributed by atoms with van der Waals surface area (Å²) in [6, 6.07) is 8.20. The van der Waals surface area contributed by atoms with Gasteiger partial charge in [-0.15, -0.1) is 10.2 Å². The Morgan fingerprint density at radius 1 is 1.13 bits per heavy atom. The van der Waals surface area contributed by atoms with Crippen molar-refractivity contribution < 1.29 is 13.9 Å². The molecule has 0 N–H and O–H groups in total. The predicted molar refractivity (Wildman–Crippen MR) is 84.6 cm³/mol. The first-order chi connectivity index (χ1) is 11.2. The maximum Gasteiger partial charge on any atom is 0.227 e. The second-order valence-electron chi connectivity index (χ2n) is 6.69. The van der Waals surface area contributed by atoms with Gasteiger partial charge in [-0.3, -0.25) is 0 Å². The molecular formula is C18H22N2O3. The highest BCUT2D eigenvalue weighted by Gasteiger charge is 2.44. The van der Waals surface area contributed by atoms with Crippen molar-refractivity contribution in [2.45, 2.75) is 37.5 Å². The molecule has 0 spiro atoms. The van der Waals surface area contributed by atoms with Crippen LogP contribution in [0.4, 0.5) is 0 Å². The molecule has 0 radical (unpaired) electrons. The van der Waals surface area contributed by atoms with Crippen LogP contribution in [0.3, 0.4) is 0 Å². The molecule has 1 saturated carbocycles. The Morgan fingerprint density at radius 3 is 2.43 bits per heavy atom. The SMILES string of the molecule is COc1ccc(C2(c3nnc([C@H]4C[C@H]4C)o3)CCOCC2)cc1. The maximum atomic E-state index is 6.12. The molecule has 1 aromatic heterocycles. The van der Waals surface area contributed by atoms with Crippen LogP contribution in [-0.2, 0) is 10.2 Å². The zero-order valence-electron chi connectivity index (χ0n) is 13.6. The van der Waals surface area contributed by atoms with E-state index in [1.807, 2.05) is 12.1 Å². The maximum absolute atomic E-state index is 6.12. The first kappa shape index (κ1) is 14.7. The number of methoxy groups -OCH3 is 1. The summed E-state index contributed by atoms with van der Waals surface area (Å²) in [6.45, 7) is 3.65. The fourth-order valence-corrected chi connectivity index (χ4v) is 3.50. The third-order valence-corrected chi connectivity index (χ3v) is 5.27. The van der Waals surface area contributed by atoms with Crippen LogP contribution in [0, 0.1) is 5.92 Å². The van der Waals surface area contributed by atoms with Crippen LogP contribution in [0.2, 0.25) is 0 Å². The average Bonchev–Trinajstić information content (AvgIpc) is 3.13. The number of ether oxygens (including phenoxy) is 2. The molecule has 2 aromatic rings. The monoisotopic (exact) mass is 314 g/mol. The van der Waals surface area contributed by atoms with Crippen LogP contribution in [0.25, 0.3) is 0 Å². The number of nitrogens with zero attached hydrogens (tertiary/aromatic N) is 2. The first-order valence-electron chi connectivity index (χ1n) is 8.29. The van der Waals surface area contributed by atoms with Crippen molar-refractivity contribution in [3.05, 3.63) is 41.6 Å². The van der Waals surface area contributed by atoms with Gasteiger partial charge in [0.1, 0.15) is 5.75 Å². The molecule has 0 bridgehead atoms. The van der Waals surface area contributed by atoms with Gasteiger partial charge >= 0.3 is 0 Å². The van der Waals surface area contributed by atoms with Crippen LogP contribution in [-0.4, -0.2) is 30.5 Å². The third kappa shape index (κ3) is 2.53. The fourth-order valence-electron chi connectivity index (χ4n) is 3.50. The highest BCUT2D eigenvalue weighted by Crippen LogP contribution is 2.48. The van der Waals surface area contributed by atoms with Gasteiger partial charge < -0.3 is 13.9 Å². The Hall–Kier alpha value is -1.88. The van der Waals surface area contributed by atoms with Crippen LogP contribution < -0.4 is 4.74 Å². The Labute approximate surface area is 136 Å². The summed E-state index contributed by atoms with van der Waals surface area (Å²) in [7, 11) is 1.68. The zero-order valence-corrected chi connectivity index (χ0v) is 13.6. The van der Waals surface area contributed by atoms with E-state index in [-0.39, 0.29) is 5.41 Å².